The second-order valence-corrected chi connectivity index (χ2v) is 8.33. The largest absolute Gasteiger partial charge is 0.464 e. The van der Waals surface area contributed by atoms with Crippen molar-refractivity contribution in [2.75, 3.05) is 5.73 Å². The average Bonchev–Trinajstić information content (AvgIpc) is 3.52. The lowest BCUT2D eigenvalue weighted by molar-refractivity contribution is -0.672. The Morgan fingerprint density at radius 2 is 1.91 bits per heavy atom. The van der Waals surface area contributed by atoms with E-state index >= 15 is 0 Å². The molecule has 4 aromatic heterocycles. The molecule has 5 rings (SSSR count). The van der Waals surface area contributed by atoms with Gasteiger partial charge in [-0.15, -0.1) is 11.3 Å². The Kier molecular flexibility index (Phi) is 4.79. The number of carbonyl (C=O) groups is 2. The van der Waals surface area contributed by atoms with Crippen molar-refractivity contribution < 1.29 is 23.2 Å². The molecule has 0 saturated carbocycles. The lowest BCUT2D eigenvalue weighted by atomic mass is 9.97. The number of hydrogen-bond acceptors (Lipinski definition) is 8. The van der Waals surface area contributed by atoms with Crippen molar-refractivity contribution in [3.05, 3.63) is 81.0 Å². The number of benzene rings is 1. The SMILES string of the molecule is CC(=O)c1c(C)nc2sc(C(=O)c3c(=O)o[nH][n+]3-c3ccccc3)c(N)c2c1-c1ccco1. The number of ketones is 2. The number of nitrogen functional groups attached to an aromatic ring is 1. The summed E-state index contributed by atoms with van der Waals surface area (Å²) in [6.45, 7) is 3.15. The number of H-pyrrole nitrogens is 1. The summed E-state index contributed by atoms with van der Waals surface area (Å²) in [5.41, 5.74) is 7.36. The molecule has 0 aliphatic heterocycles. The van der Waals surface area contributed by atoms with Crippen LogP contribution >= 0.6 is 11.3 Å². The number of anilines is 1. The number of nitrogens with one attached hydrogen (secondary N) is 1. The van der Waals surface area contributed by atoms with E-state index in [0.717, 1.165) is 11.3 Å². The molecule has 0 fully saturated rings. The number of aromatic nitrogens is 3. The monoisotopic (exact) mass is 461 g/mol. The molecule has 0 unspecified atom stereocenters. The molecule has 0 saturated heterocycles. The molecule has 33 heavy (non-hydrogen) atoms. The minimum atomic E-state index is -0.833. The van der Waals surface area contributed by atoms with E-state index in [9.17, 15) is 14.4 Å². The Labute approximate surface area is 190 Å². The highest BCUT2D eigenvalue weighted by Gasteiger charge is 2.35. The van der Waals surface area contributed by atoms with Crippen LogP contribution < -0.4 is 16.0 Å². The molecule has 0 aliphatic carbocycles. The Hall–Kier alpha value is -4.31. The zero-order chi connectivity index (χ0) is 23.3. The highest BCUT2D eigenvalue weighted by atomic mass is 32.1. The van der Waals surface area contributed by atoms with Gasteiger partial charge in [-0.3, -0.25) is 14.1 Å². The van der Waals surface area contributed by atoms with Gasteiger partial charge in [0, 0.05) is 23.1 Å². The normalized spacial score (nSPS) is 11.2. The number of hydrogen-bond donors (Lipinski definition) is 2. The van der Waals surface area contributed by atoms with Gasteiger partial charge >= 0.3 is 11.3 Å². The van der Waals surface area contributed by atoms with Gasteiger partial charge in [0.25, 0.3) is 5.78 Å². The van der Waals surface area contributed by atoms with Crippen molar-refractivity contribution in [2.45, 2.75) is 13.8 Å². The van der Waals surface area contributed by atoms with Crippen molar-refractivity contribution in [2.24, 2.45) is 0 Å². The third-order valence-corrected chi connectivity index (χ3v) is 6.36. The first-order chi connectivity index (χ1) is 15.9. The lowest BCUT2D eigenvalue weighted by Gasteiger charge is -2.10. The van der Waals surface area contributed by atoms with Crippen LogP contribution in [0, 0.1) is 6.92 Å². The number of nitrogens with zero attached hydrogens (tertiary/aromatic N) is 2. The van der Waals surface area contributed by atoms with E-state index in [1.165, 1.54) is 17.9 Å². The molecule has 164 valence electrons. The zero-order valence-corrected chi connectivity index (χ0v) is 18.4. The van der Waals surface area contributed by atoms with Crippen molar-refractivity contribution >= 4 is 38.8 Å². The molecule has 5 aromatic rings. The average molecular weight is 461 g/mol. The summed E-state index contributed by atoms with van der Waals surface area (Å²) in [4.78, 5) is 43.5. The van der Waals surface area contributed by atoms with Crippen LogP contribution in [0.3, 0.4) is 0 Å². The molecule has 0 bridgehead atoms. The van der Waals surface area contributed by atoms with Crippen LogP contribution in [-0.2, 0) is 0 Å². The maximum atomic E-state index is 13.5. The molecule has 9 nitrogen and oxygen atoms in total. The molecular weight excluding hydrogens is 444 g/mol. The predicted molar refractivity (Wildman–Crippen MR) is 121 cm³/mol. The number of thiophene rings is 1. The van der Waals surface area contributed by atoms with Gasteiger partial charge in [0.2, 0.25) is 5.69 Å². The first-order valence-corrected chi connectivity index (χ1v) is 10.7. The fourth-order valence-corrected chi connectivity index (χ4v) is 4.96. The van der Waals surface area contributed by atoms with E-state index in [-0.39, 0.29) is 22.0 Å². The summed E-state index contributed by atoms with van der Waals surface area (Å²) in [6, 6.07) is 12.2. The van der Waals surface area contributed by atoms with Crippen LogP contribution in [0.1, 0.15) is 38.3 Å². The third kappa shape index (κ3) is 3.19. The third-order valence-electron chi connectivity index (χ3n) is 5.26. The highest BCUT2D eigenvalue weighted by Crippen LogP contribution is 2.42. The van der Waals surface area contributed by atoms with Gasteiger partial charge in [0.05, 0.1) is 23.2 Å². The first-order valence-electron chi connectivity index (χ1n) is 9.89. The van der Waals surface area contributed by atoms with Crippen molar-refractivity contribution in [3.8, 4) is 17.0 Å². The summed E-state index contributed by atoms with van der Waals surface area (Å²) in [5, 5.41) is 2.89. The summed E-state index contributed by atoms with van der Waals surface area (Å²) in [7, 11) is 0. The van der Waals surface area contributed by atoms with E-state index in [1.807, 2.05) is 6.07 Å². The van der Waals surface area contributed by atoms with E-state index in [4.69, 9.17) is 14.7 Å². The molecule has 0 spiro atoms. The summed E-state index contributed by atoms with van der Waals surface area (Å²) < 4.78 is 11.8. The second kappa shape index (κ2) is 7.68. The van der Waals surface area contributed by atoms with Crippen molar-refractivity contribution in [1.29, 1.82) is 0 Å². The van der Waals surface area contributed by atoms with Gasteiger partial charge in [0.15, 0.2) is 5.78 Å². The Morgan fingerprint density at radius 3 is 2.58 bits per heavy atom. The Bertz CT molecular complexity index is 1590. The Morgan fingerprint density at radius 1 is 1.15 bits per heavy atom. The molecule has 0 atom stereocenters. The van der Waals surface area contributed by atoms with Gasteiger partial charge in [-0.05, 0) is 35.9 Å². The van der Waals surface area contributed by atoms with Crippen molar-refractivity contribution in [3.63, 3.8) is 0 Å². The fraction of sp³-hybridized carbons (Fsp3) is 0.0870. The number of fused-ring (bicyclic) bond motifs is 1. The van der Waals surface area contributed by atoms with E-state index in [0.29, 0.717) is 38.5 Å². The molecule has 3 N–H and O–H groups in total. The van der Waals surface area contributed by atoms with Crippen molar-refractivity contribution in [1.82, 2.24) is 10.3 Å². The molecule has 10 heteroatoms. The van der Waals surface area contributed by atoms with Gasteiger partial charge in [0.1, 0.15) is 15.5 Å². The Balaban J connectivity index is 1.77. The number of nitrogens with two attached hydrogens (primary N) is 1. The van der Waals surface area contributed by atoms with Crippen LogP contribution in [0.2, 0.25) is 0 Å². The van der Waals surface area contributed by atoms with Crippen LogP contribution in [0.15, 0.2) is 62.5 Å². The number of Topliss-reactive ketones (excluding diaryl/α,β-unsaturated/α-hetero) is 1. The number of carbonyl (C=O) groups excluding carboxylic acids is 2. The van der Waals surface area contributed by atoms with Crippen LogP contribution in [0.5, 0.6) is 0 Å². The zero-order valence-electron chi connectivity index (χ0n) is 17.5. The van der Waals surface area contributed by atoms with Gasteiger partial charge < -0.3 is 10.2 Å². The summed E-state index contributed by atoms with van der Waals surface area (Å²) in [6.07, 6.45) is 1.49. The quantitative estimate of drug-likeness (QED) is 0.302. The predicted octanol–water partition coefficient (Wildman–Crippen LogP) is 3.44. The molecule has 0 amide bonds. The van der Waals surface area contributed by atoms with Crippen LogP contribution in [-0.4, -0.2) is 21.8 Å². The minimum Gasteiger partial charge on any atom is -0.464 e. The summed E-state index contributed by atoms with van der Waals surface area (Å²) in [5.74, 6) is -0.401. The maximum absolute atomic E-state index is 13.5. The number of aromatic amines is 1. The number of rotatable bonds is 5. The molecule has 0 aliphatic rings. The molecule has 0 radical (unpaired) electrons. The number of aryl methyl sites for hydroxylation is 1. The van der Waals surface area contributed by atoms with Crippen LogP contribution in [0.25, 0.3) is 27.2 Å². The van der Waals surface area contributed by atoms with Gasteiger partial charge in [-0.1, -0.05) is 18.2 Å². The molecule has 1 aromatic carbocycles. The number of furan rings is 1. The van der Waals surface area contributed by atoms with E-state index < -0.39 is 11.4 Å². The number of para-hydroxylation sites is 1. The number of pyridine rings is 1. The topological polar surface area (TPSA) is 136 Å². The second-order valence-electron chi connectivity index (χ2n) is 7.34. The highest BCUT2D eigenvalue weighted by molar-refractivity contribution is 7.21. The molecule has 4 heterocycles. The standard InChI is InChI=1S/C23H16N4O5S/c1-11-15(12(2)28)16(14-9-6-10-31-14)17-18(24)21(33-22(17)25-11)20(29)19-23(30)32-26-27(19)13-7-4-3-5-8-13/h3-10H,1-2H3,(H2-,24,26,29,30)/p+1. The fourth-order valence-electron chi connectivity index (χ4n) is 3.87. The first kappa shape index (κ1) is 20.6. The lowest BCUT2D eigenvalue weighted by Crippen LogP contribution is -2.41. The maximum Gasteiger partial charge on any atom is 0.439 e. The van der Waals surface area contributed by atoms with E-state index in [2.05, 4.69) is 10.3 Å². The van der Waals surface area contributed by atoms with Gasteiger partial charge in [-0.25, -0.2) is 9.78 Å². The minimum absolute atomic E-state index is 0.113. The van der Waals surface area contributed by atoms with Gasteiger partial charge in [-0.2, -0.15) is 0 Å². The van der Waals surface area contributed by atoms with Crippen LogP contribution in [0.4, 0.5) is 5.69 Å². The summed E-state index contributed by atoms with van der Waals surface area (Å²) >= 11 is 1.04. The van der Waals surface area contributed by atoms with E-state index in [1.54, 1.807) is 43.3 Å². The molecular formula is C23H17N4O5S+. The smallest absolute Gasteiger partial charge is 0.439 e.